The van der Waals surface area contributed by atoms with Crippen LogP contribution in [0.4, 0.5) is 9.59 Å². The molecule has 0 fully saturated rings. The van der Waals surface area contributed by atoms with Crippen molar-refractivity contribution in [2.24, 2.45) is 0 Å². The van der Waals surface area contributed by atoms with Gasteiger partial charge in [-0.15, -0.1) is 0 Å². The number of carbonyl (C=O) groups is 2. The molecule has 2 N–H and O–H groups in total. The van der Waals surface area contributed by atoms with E-state index in [0.717, 1.165) is 12.8 Å². The van der Waals surface area contributed by atoms with Crippen LogP contribution in [0.1, 0.15) is 60.8 Å². The molecule has 13 nitrogen and oxygen atoms in total. The second-order valence-electron chi connectivity index (χ2n) is 8.26. The Hall–Kier alpha value is -1.31. The number of ether oxygens (including phenoxy) is 3. The largest absolute Gasteiger partial charge is 0.500 e. The first kappa shape index (κ1) is 38.7. The van der Waals surface area contributed by atoms with Crippen molar-refractivity contribution in [3.63, 3.8) is 0 Å². The molecule has 0 aromatic rings. The van der Waals surface area contributed by atoms with Crippen molar-refractivity contribution in [1.82, 2.24) is 10.6 Å². The predicted octanol–water partition coefficient (Wildman–Crippen LogP) is 3.72. The molecule has 0 aromatic heterocycles. The summed E-state index contributed by atoms with van der Waals surface area (Å²) in [6.07, 6.45) is 1.17. The maximum Gasteiger partial charge on any atom is 0.500 e. The average molecular weight is 615 g/mol. The van der Waals surface area contributed by atoms with Crippen LogP contribution in [0, 0.1) is 0 Å². The van der Waals surface area contributed by atoms with Crippen molar-refractivity contribution in [3.8, 4) is 0 Å². The van der Waals surface area contributed by atoms with E-state index in [1.54, 1.807) is 0 Å². The maximum atomic E-state index is 11.9. The highest BCUT2D eigenvalue weighted by Crippen LogP contribution is 2.19. The fourth-order valence-electron chi connectivity index (χ4n) is 3.75. The lowest BCUT2D eigenvalue weighted by Crippen LogP contribution is -2.46. The number of hydrogen-bond donors (Lipinski definition) is 2. The number of unbranched alkanes of at least 4 members (excludes halogenated alkanes) is 1. The average Bonchev–Trinajstić information content (AvgIpc) is 2.91. The van der Waals surface area contributed by atoms with Crippen LogP contribution in [-0.4, -0.2) is 109 Å². The Morgan fingerprint density at radius 1 is 0.500 bits per heavy atom. The van der Waals surface area contributed by atoms with E-state index >= 15 is 0 Å². The summed E-state index contributed by atoms with van der Waals surface area (Å²) < 4.78 is 50.4. The monoisotopic (exact) mass is 614 g/mol. The minimum Gasteiger partial charge on any atom is -0.447 e. The molecule has 2 amide bonds. The zero-order chi connectivity index (χ0) is 30.0. The maximum absolute atomic E-state index is 11.9. The molecule has 0 radical (unpaired) electrons. The van der Waals surface area contributed by atoms with Crippen LogP contribution in [0.3, 0.4) is 0 Å². The summed E-state index contributed by atoms with van der Waals surface area (Å²) in [6.45, 7) is 16.1. The van der Waals surface area contributed by atoms with Gasteiger partial charge < -0.3 is 51.4 Å². The third-order valence-corrected chi connectivity index (χ3v) is 11.5. The number of hydrogen-bond acceptors (Lipinski definition) is 11. The van der Waals surface area contributed by atoms with Gasteiger partial charge in [0.15, 0.2) is 0 Å². The van der Waals surface area contributed by atoms with Crippen molar-refractivity contribution < 1.29 is 50.4 Å². The van der Waals surface area contributed by atoms with E-state index in [1.807, 2.05) is 41.5 Å². The van der Waals surface area contributed by atoms with Gasteiger partial charge >= 0.3 is 29.8 Å². The van der Waals surface area contributed by atoms with Gasteiger partial charge in [0.25, 0.3) is 0 Å². The van der Waals surface area contributed by atoms with E-state index < -0.39 is 29.8 Å². The van der Waals surface area contributed by atoms with Crippen molar-refractivity contribution in [1.29, 1.82) is 0 Å². The number of carbonyl (C=O) groups excluding carboxylic acids is 2. The van der Waals surface area contributed by atoms with E-state index in [9.17, 15) is 9.59 Å². The Labute approximate surface area is 242 Å². The fraction of sp³-hybridized carbons (Fsp3) is 0.920. The predicted molar refractivity (Wildman–Crippen MR) is 154 cm³/mol. The molecular weight excluding hydrogens is 560 g/mol. The van der Waals surface area contributed by atoms with Gasteiger partial charge in [0.2, 0.25) is 0 Å². The first-order valence-corrected chi connectivity index (χ1v) is 18.4. The van der Waals surface area contributed by atoms with Crippen LogP contribution < -0.4 is 10.6 Å². The fourth-order valence-corrected chi connectivity index (χ4v) is 9.04. The van der Waals surface area contributed by atoms with E-state index in [1.165, 1.54) is 0 Å². The molecule has 15 heteroatoms. The van der Waals surface area contributed by atoms with Gasteiger partial charge in [-0.05, 0) is 60.8 Å². The molecule has 0 saturated heterocycles. The van der Waals surface area contributed by atoms with Gasteiger partial charge in [-0.3, -0.25) is 0 Å². The molecule has 40 heavy (non-hydrogen) atoms. The number of rotatable bonds is 27. The molecule has 0 rings (SSSR count). The van der Waals surface area contributed by atoms with E-state index in [0.29, 0.717) is 71.2 Å². The van der Waals surface area contributed by atoms with Gasteiger partial charge in [0.05, 0.1) is 13.2 Å². The zero-order valence-electron chi connectivity index (χ0n) is 25.5. The Kier molecular flexibility index (Phi) is 24.6. The molecule has 238 valence electrons. The molecule has 0 atom stereocenters. The summed E-state index contributed by atoms with van der Waals surface area (Å²) in [6, 6.07) is 1.31. The lowest BCUT2D eigenvalue weighted by Gasteiger charge is -2.28. The smallest absolute Gasteiger partial charge is 0.447 e. The molecule has 0 aromatic carbocycles. The van der Waals surface area contributed by atoms with Crippen LogP contribution in [-0.2, 0) is 40.8 Å². The van der Waals surface area contributed by atoms with Crippen molar-refractivity contribution >= 4 is 29.8 Å². The van der Waals surface area contributed by atoms with Gasteiger partial charge in [0, 0.05) is 64.8 Å². The van der Waals surface area contributed by atoms with Crippen LogP contribution in [0.5, 0.6) is 0 Å². The number of amides is 2. The third-order valence-electron chi connectivity index (χ3n) is 5.22. The quantitative estimate of drug-likeness (QED) is 0.103. The van der Waals surface area contributed by atoms with Crippen LogP contribution >= 0.6 is 0 Å². The molecule has 0 aliphatic carbocycles. The first-order chi connectivity index (χ1) is 19.4. The molecule has 0 bridgehead atoms. The lowest BCUT2D eigenvalue weighted by atomic mass is 10.3. The second kappa shape index (κ2) is 25.4. The SMILES string of the molecule is CCO[Si](CCCCNC(=O)OCCOCCOC(=O)NCCC[Si](OCC)(OCC)OCC)(OCC)OCC. The second-order valence-corrected chi connectivity index (χ2v) is 13.7. The summed E-state index contributed by atoms with van der Waals surface area (Å²) in [5, 5.41) is 5.41. The van der Waals surface area contributed by atoms with Crippen LogP contribution in [0.25, 0.3) is 0 Å². The minimum atomic E-state index is -2.71. The molecule has 0 spiro atoms. The Bertz CT molecular complexity index is 602. The third kappa shape index (κ3) is 18.9. The van der Waals surface area contributed by atoms with Crippen LogP contribution in [0.15, 0.2) is 0 Å². The van der Waals surface area contributed by atoms with E-state index in [4.69, 9.17) is 40.8 Å². The highest BCUT2D eigenvalue weighted by Gasteiger charge is 2.40. The Morgan fingerprint density at radius 2 is 0.850 bits per heavy atom. The first-order valence-electron chi connectivity index (χ1n) is 14.6. The summed E-state index contributed by atoms with van der Waals surface area (Å²) in [5.74, 6) is 0. The molecule has 0 aliphatic heterocycles. The normalized spacial score (nSPS) is 11.8. The molecule has 0 aliphatic rings. The molecular formula is C25H54N2O11Si2. The van der Waals surface area contributed by atoms with Crippen molar-refractivity contribution in [2.75, 3.05) is 79.2 Å². The van der Waals surface area contributed by atoms with Crippen molar-refractivity contribution in [2.45, 2.75) is 72.9 Å². The standard InChI is InChI=1S/C25H54N2O11Si2/c1-7-33-39(34-8-2,35-9-3)22-14-13-16-26-24(28)31-20-18-30-19-21-32-25(29)27-17-15-23-40(36-10-4,37-11-5)38-12-6/h7-23H2,1-6H3,(H,26,28)(H,27,29). The Morgan fingerprint density at radius 3 is 1.23 bits per heavy atom. The minimum absolute atomic E-state index is 0.0869. The summed E-state index contributed by atoms with van der Waals surface area (Å²) in [4.78, 5) is 23.7. The zero-order valence-corrected chi connectivity index (χ0v) is 27.5. The van der Waals surface area contributed by atoms with Gasteiger partial charge in [0.1, 0.15) is 13.2 Å². The molecule has 0 unspecified atom stereocenters. The topological polar surface area (TPSA) is 141 Å². The summed E-state index contributed by atoms with van der Waals surface area (Å²) >= 11 is 0. The highest BCUT2D eigenvalue weighted by molar-refractivity contribution is 6.61. The van der Waals surface area contributed by atoms with Gasteiger partial charge in [-0.25, -0.2) is 9.59 Å². The Balaban J connectivity index is 3.87. The summed E-state index contributed by atoms with van der Waals surface area (Å²) in [7, 11) is -5.36. The van der Waals surface area contributed by atoms with Gasteiger partial charge in [-0.1, -0.05) is 0 Å². The van der Waals surface area contributed by atoms with Crippen LogP contribution in [0.2, 0.25) is 12.1 Å². The van der Waals surface area contributed by atoms with E-state index in [2.05, 4.69) is 10.6 Å². The molecule has 0 saturated carbocycles. The van der Waals surface area contributed by atoms with Gasteiger partial charge in [-0.2, -0.15) is 0 Å². The molecule has 0 heterocycles. The number of alkyl carbamates (subject to hydrolysis) is 2. The van der Waals surface area contributed by atoms with E-state index in [-0.39, 0.29) is 26.4 Å². The highest BCUT2D eigenvalue weighted by atomic mass is 28.4. The number of nitrogens with one attached hydrogen (secondary N) is 2. The lowest BCUT2D eigenvalue weighted by molar-refractivity contribution is 0.0456. The van der Waals surface area contributed by atoms with Crippen molar-refractivity contribution in [3.05, 3.63) is 0 Å². The summed E-state index contributed by atoms with van der Waals surface area (Å²) in [5.41, 5.74) is 0.